The van der Waals surface area contributed by atoms with Gasteiger partial charge in [0.05, 0.1) is 25.1 Å². The van der Waals surface area contributed by atoms with Crippen LogP contribution in [0.15, 0.2) is 42.6 Å². The van der Waals surface area contributed by atoms with Gasteiger partial charge in [0.1, 0.15) is 17.2 Å². The molecule has 0 spiro atoms. The number of anilines is 3. The molecule has 0 aliphatic rings. The number of pyridine rings is 1. The van der Waals surface area contributed by atoms with E-state index in [0.717, 1.165) is 0 Å². The molecule has 3 aromatic heterocycles. The van der Waals surface area contributed by atoms with Crippen molar-refractivity contribution in [2.75, 3.05) is 43.0 Å². The Morgan fingerprint density at radius 3 is 2.47 bits per heavy atom. The van der Waals surface area contributed by atoms with Crippen molar-refractivity contribution in [3.05, 3.63) is 54.0 Å². The molecule has 0 saturated carbocycles. The highest BCUT2D eigenvalue weighted by Gasteiger charge is 2.25. The molecule has 178 valence electrons. The van der Waals surface area contributed by atoms with Gasteiger partial charge in [-0.1, -0.05) is 18.2 Å². The summed E-state index contributed by atoms with van der Waals surface area (Å²) in [5.41, 5.74) is 13.9. The van der Waals surface area contributed by atoms with E-state index < -0.39 is 11.2 Å². The Morgan fingerprint density at radius 1 is 1.12 bits per heavy atom. The van der Waals surface area contributed by atoms with Gasteiger partial charge in [0.25, 0.3) is 0 Å². The Labute approximate surface area is 197 Å². The molecule has 34 heavy (non-hydrogen) atoms. The van der Waals surface area contributed by atoms with Crippen LogP contribution in [-0.2, 0) is 17.7 Å². The van der Waals surface area contributed by atoms with Gasteiger partial charge < -0.3 is 16.6 Å². The minimum Gasteiger partial charge on any atom is -0.394 e. The summed E-state index contributed by atoms with van der Waals surface area (Å²) in [5.74, 6) is -0.252. The molecule has 0 bridgehead atoms. The van der Waals surface area contributed by atoms with Crippen LogP contribution in [0.5, 0.6) is 0 Å². The lowest BCUT2D eigenvalue weighted by atomic mass is 10.2. The fourth-order valence-electron chi connectivity index (χ4n) is 3.48. The molecule has 0 fully saturated rings. The molecule has 3 heterocycles. The van der Waals surface area contributed by atoms with Crippen LogP contribution in [0.1, 0.15) is 5.56 Å². The number of nitrogen functional groups attached to an aromatic ring is 2. The molecule has 11 nitrogen and oxygen atoms in total. The quantitative estimate of drug-likeness (QED) is 0.336. The lowest BCUT2D eigenvalue weighted by Crippen LogP contribution is -2.37. The van der Waals surface area contributed by atoms with Gasteiger partial charge in [-0.05, 0) is 18.2 Å². The van der Waals surface area contributed by atoms with Crippen LogP contribution >= 0.6 is 0 Å². The van der Waals surface area contributed by atoms with Crippen LogP contribution in [0.25, 0.3) is 22.6 Å². The lowest BCUT2D eigenvalue weighted by Gasteiger charge is -2.26. The van der Waals surface area contributed by atoms with E-state index >= 15 is 0 Å². The Bertz CT molecular complexity index is 1340. The largest absolute Gasteiger partial charge is 0.394 e. The van der Waals surface area contributed by atoms with Crippen molar-refractivity contribution in [3.8, 4) is 11.5 Å². The summed E-state index contributed by atoms with van der Waals surface area (Å²) in [4.78, 5) is 13.1. The molecule has 1 unspecified atom stereocenters. The minimum absolute atomic E-state index is 0.00597. The van der Waals surface area contributed by atoms with Crippen LogP contribution in [0.3, 0.4) is 0 Å². The number of fused-ring (bicyclic) bond motifs is 1. The number of benzene rings is 1. The molecule has 0 saturated heterocycles. The zero-order chi connectivity index (χ0) is 24.4. The summed E-state index contributed by atoms with van der Waals surface area (Å²) in [5, 5.41) is 14.7. The number of nitrogens with two attached hydrogens (primary N) is 2. The third kappa shape index (κ3) is 4.40. The van der Waals surface area contributed by atoms with Crippen molar-refractivity contribution < 1.29 is 13.7 Å². The molecule has 0 aliphatic carbocycles. The number of rotatable bonds is 8. The van der Waals surface area contributed by atoms with Gasteiger partial charge in [0, 0.05) is 25.9 Å². The van der Waals surface area contributed by atoms with Crippen molar-refractivity contribution in [3.63, 3.8) is 0 Å². The second kappa shape index (κ2) is 9.67. The summed E-state index contributed by atoms with van der Waals surface area (Å²) in [6.45, 7) is -0.127. The minimum atomic E-state index is -1.67. The van der Waals surface area contributed by atoms with Crippen molar-refractivity contribution >= 4 is 39.5 Å². The highest BCUT2D eigenvalue weighted by molar-refractivity contribution is 7.84. The number of hydrogen-bond donors (Lipinski definition) is 3. The molecule has 0 radical (unpaired) electrons. The topological polar surface area (TPSA) is 152 Å². The van der Waals surface area contributed by atoms with E-state index in [0.29, 0.717) is 22.3 Å². The molecule has 5 N–H and O–H groups in total. The maximum Gasteiger partial charge on any atom is 0.198 e. The van der Waals surface area contributed by atoms with Crippen LogP contribution in [0.2, 0.25) is 0 Å². The number of halogens is 1. The normalized spacial score (nSPS) is 12.4. The predicted octanol–water partition coefficient (Wildman–Crippen LogP) is 1.18. The SMILES string of the molecule is CN(C)S(=O)N(CCO)c1c(N)nc(-c2nn(Cc3ccccc3F)c3ncccc23)nc1N. The highest BCUT2D eigenvalue weighted by Crippen LogP contribution is 2.33. The van der Waals surface area contributed by atoms with E-state index in [1.54, 1.807) is 55.3 Å². The molecule has 0 amide bonds. The van der Waals surface area contributed by atoms with Gasteiger partial charge in [-0.15, -0.1) is 0 Å². The van der Waals surface area contributed by atoms with Crippen LogP contribution in [-0.4, -0.2) is 65.6 Å². The third-order valence-corrected chi connectivity index (χ3v) is 6.36. The van der Waals surface area contributed by atoms with Crippen molar-refractivity contribution in [2.24, 2.45) is 0 Å². The predicted molar refractivity (Wildman–Crippen MR) is 129 cm³/mol. The molecule has 13 heteroatoms. The molecule has 1 aromatic carbocycles. The van der Waals surface area contributed by atoms with Crippen molar-refractivity contribution in [2.45, 2.75) is 6.54 Å². The van der Waals surface area contributed by atoms with E-state index in [1.165, 1.54) is 14.7 Å². The summed E-state index contributed by atoms with van der Waals surface area (Å²) >= 11 is -1.67. The fourth-order valence-corrected chi connectivity index (χ4v) is 4.46. The summed E-state index contributed by atoms with van der Waals surface area (Å²) in [6, 6.07) is 9.96. The third-order valence-electron chi connectivity index (χ3n) is 4.99. The lowest BCUT2D eigenvalue weighted by molar-refractivity contribution is 0.307. The van der Waals surface area contributed by atoms with E-state index in [9.17, 15) is 13.7 Å². The van der Waals surface area contributed by atoms with E-state index in [1.807, 2.05) is 0 Å². The molecular weight excluding hydrogens is 461 g/mol. The molecular formula is C21H24FN9O2S. The number of aliphatic hydroxyl groups is 1. The number of hydrogen-bond acceptors (Lipinski definition) is 8. The molecule has 0 aliphatic heterocycles. The van der Waals surface area contributed by atoms with E-state index in [4.69, 9.17) is 11.5 Å². The first-order chi connectivity index (χ1) is 16.3. The van der Waals surface area contributed by atoms with Crippen molar-refractivity contribution in [1.82, 2.24) is 29.0 Å². The van der Waals surface area contributed by atoms with Gasteiger partial charge in [0.15, 0.2) is 34.3 Å². The Hall–Kier alpha value is -3.68. The smallest absolute Gasteiger partial charge is 0.198 e. The van der Waals surface area contributed by atoms with Gasteiger partial charge in [-0.3, -0.25) is 4.31 Å². The standard InChI is InChI=1S/C21H24FN9O2S/c1-29(2)34(33)31(10-11-32)17-18(23)26-20(27-19(17)24)16-14-7-5-9-25-21(14)30(28-16)12-13-6-3-4-8-15(13)22/h3-9,32H,10-12H2,1-2H3,(H4,23,24,26,27). The Balaban J connectivity index is 1.81. The maximum atomic E-state index is 14.2. The Morgan fingerprint density at radius 2 is 1.82 bits per heavy atom. The van der Waals surface area contributed by atoms with Crippen LogP contribution in [0.4, 0.5) is 21.7 Å². The average molecular weight is 486 g/mol. The fraction of sp³-hybridized carbons (Fsp3) is 0.238. The zero-order valence-electron chi connectivity index (χ0n) is 18.6. The van der Waals surface area contributed by atoms with Gasteiger partial charge in [0.2, 0.25) is 0 Å². The Kier molecular flexibility index (Phi) is 6.68. The van der Waals surface area contributed by atoms with Gasteiger partial charge in [-0.2, -0.15) is 5.10 Å². The monoisotopic (exact) mass is 485 g/mol. The number of aromatic nitrogens is 5. The van der Waals surface area contributed by atoms with Crippen LogP contribution in [0, 0.1) is 5.82 Å². The molecule has 4 rings (SSSR count). The zero-order valence-corrected chi connectivity index (χ0v) is 19.4. The number of nitrogens with zero attached hydrogens (tertiary/aromatic N) is 7. The van der Waals surface area contributed by atoms with Crippen LogP contribution < -0.4 is 15.8 Å². The van der Waals surface area contributed by atoms with E-state index in [2.05, 4.69) is 20.1 Å². The van der Waals surface area contributed by atoms with E-state index in [-0.39, 0.29) is 48.7 Å². The summed E-state index contributed by atoms with van der Waals surface area (Å²) in [6.07, 6.45) is 1.61. The summed E-state index contributed by atoms with van der Waals surface area (Å²) in [7, 11) is 3.23. The van der Waals surface area contributed by atoms with Gasteiger partial charge in [-0.25, -0.2) is 32.5 Å². The summed E-state index contributed by atoms with van der Waals surface area (Å²) < 4.78 is 31.3. The molecule has 4 aromatic rings. The first-order valence-electron chi connectivity index (χ1n) is 10.3. The molecule has 1 atom stereocenters. The second-order valence-corrected chi connectivity index (χ2v) is 9.14. The van der Waals surface area contributed by atoms with Gasteiger partial charge >= 0.3 is 0 Å². The van der Waals surface area contributed by atoms with Crippen molar-refractivity contribution in [1.29, 1.82) is 0 Å². The number of aliphatic hydroxyl groups excluding tert-OH is 1. The maximum absolute atomic E-state index is 14.2. The first-order valence-corrected chi connectivity index (χ1v) is 11.3. The average Bonchev–Trinajstić information content (AvgIpc) is 3.17. The second-order valence-electron chi connectivity index (χ2n) is 7.51. The first kappa shape index (κ1) is 23.5. The highest BCUT2D eigenvalue weighted by atomic mass is 32.2.